The van der Waals surface area contributed by atoms with Crippen LogP contribution in [0.4, 0.5) is 0 Å². The van der Waals surface area contributed by atoms with Gasteiger partial charge < -0.3 is 25.4 Å². The number of benzene rings is 2. The molecule has 0 aromatic heterocycles. The lowest BCUT2D eigenvalue weighted by atomic mass is 9.92. The van der Waals surface area contributed by atoms with E-state index in [4.69, 9.17) is 15.2 Å². The molecule has 7 nitrogen and oxygen atoms in total. The molecule has 2 aromatic rings. The van der Waals surface area contributed by atoms with E-state index in [0.717, 1.165) is 49.0 Å². The Balaban J connectivity index is 1.31. The number of primary amides is 1. The van der Waals surface area contributed by atoms with Crippen molar-refractivity contribution in [1.29, 1.82) is 0 Å². The molecular formula is C27H36N2O5. The van der Waals surface area contributed by atoms with Crippen LogP contribution in [-0.2, 0) is 16.0 Å². The minimum Gasteiger partial charge on any atom is -0.492 e. The number of nitrogens with one attached hydrogen (secondary N) is 1. The number of carbonyl (C=O) groups excluding carboxylic acids is 1. The fourth-order valence-corrected chi connectivity index (χ4v) is 5.04. The minimum atomic E-state index is -0.711. The molecule has 0 radical (unpaired) electrons. The van der Waals surface area contributed by atoms with E-state index in [1.165, 1.54) is 11.1 Å². The van der Waals surface area contributed by atoms with Gasteiger partial charge in [0.2, 0.25) is 5.91 Å². The molecule has 0 bridgehead atoms. The average Bonchev–Trinajstić information content (AvgIpc) is 3.30. The molecule has 1 aliphatic heterocycles. The van der Waals surface area contributed by atoms with Gasteiger partial charge in [0.05, 0.1) is 24.4 Å². The van der Waals surface area contributed by atoms with E-state index in [0.29, 0.717) is 19.6 Å². The number of rotatable bonds is 9. The molecule has 34 heavy (non-hydrogen) atoms. The molecule has 7 heteroatoms. The molecule has 1 amide bonds. The van der Waals surface area contributed by atoms with Crippen LogP contribution < -0.4 is 15.8 Å². The first-order valence-electron chi connectivity index (χ1n) is 12.2. The van der Waals surface area contributed by atoms with Crippen LogP contribution in [0.25, 0.3) is 0 Å². The molecular weight excluding hydrogens is 432 g/mol. The van der Waals surface area contributed by atoms with E-state index in [1.807, 2.05) is 18.2 Å². The smallest absolute Gasteiger partial charge is 0.237 e. The maximum atomic E-state index is 11.8. The Morgan fingerprint density at radius 1 is 1.18 bits per heavy atom. The zero-order valence-corrected chi connectivity index (χ0v) is 19.8. The highest BCUT2D eigenvalue weighted by Gasteiger charge is 2.38. The molecule has 1 saturated heterocycles. The third kappa shape index (κ3) is 5.78. The summed E-state index contributed by atoms with van der Waals surface area (Å²) in [5.74, 6) is 0.517. The summed E-state index contributed by atoms with van der Waals surface area (Å²) in [5.41, 5.74) is 9.48. The first-order valence-corrected chi connectivity index (χ1v) is 12.2. The minimum absolute atomic E-state index is 0.242. The fourth-order valence-electron chi connectivity index (χ4n) is 5.04. The van der Waals surface area contributed by atoms with Crippen molar-refractivity contribution < 1.29 is 24.5 Å². The van der Waals surface area contributed by atoms with E-state index < -0.39 is 23.9 Å². The van der Waals surface area contributed by atoms with Crippen molar-refractivity contribution in [3.8, 4) is 5.75 Å². The molecule has 2 aromatic carbocycles. The zero-order chi connectivity index (χ0) is 24.1. The van der Waals surface area contributed by atoms with Crippen molar-refractivity contribution in [2.24, 2.45) is 5.73 Å². The third-order valence-corrected chi connectivity index (χ3v) is 7.11. The van der Waals surface area contributed by atoms with E-state index in [2.05, 4.69) is 36.5 Å². The van der Waals surface area contributed by atoms with Crippen molar-refractivity contribution in [2.75, 3.05) is 19.8 Å². The predicted molar refractivity (Wildman–Crippen MR) is 130 cm³/mol. The van der Waals surface area contributed by atoms with Crippen LogP contribution in [0.5, 0.6) is 5.75 Å². The fraction of sp³-hybridized carbons (Fsp3) is 0.519. The largest absolute Gasteiger partial charge is 0.492 e. The number of carbonyl (C=O) groups is 1. The Kier molecular flexibility index (Phi) is 7.88. The van der Waals surface area contributed by atoms with Crippen LogP contribution >= 0.6 is 0 Å². The van der Waals surface area contributed by atoms with Crippen molar-refractivity contribution in [3.05, 3.63) is 64.7 Å². The quantitative estimate of drug-likeness (QED) is 0.421. The van der Waals surface area contributed by atoms with Crippen molar-refractivity contribution in [3.63, 3.8) is 0 Å². The topological polar surface area (TPSA) is 114 Å². The van der Waals surface area contributed by atoms with Crippen molar-refractivity contribution in [1.82, 2.24) is 5.32 Å². The Bertz CT molecular complexity index is 971. The van der Waals surface area contributed by atoms with Gasteiger partial charge in [0.15, 0.2) is 0 Å². The molecule has 3 atom stereocenters. The summed E-state index contributed by atoms with van der Waals surface area (Å²) in [6, 6.07) is 14.2. The molecule has 1 heterocycles. The second-order valence-electron chi connectivity index (χ2n) is 9.65. The van der Waals surface area contributed by atoms with Gasteiger partial charge in [-0.3, -0.25) is 10.1 Å². The Morgan fingerprint density at radius 2 is 1.91 bits per heavy atom. The second kappa shape index (κ2) is 10.9. The number of hydrogen-bond acceptors (Lipinski definition) is 6. The number of amides is 1. The Hall–Kier alpha value is -2.45. The van der Waals surface area contributed by atoms with Crippen molar-refractivity contribution >= 4 is 5.91 Å². The van der Waals surface area contributed by atoms with Crippen LogP contribution in [0.1, 0.15) is 60.5 Å². The van der Waals surface area contributed by atoms with E-state index >= 15 is 0 Å². The number of hydrogen-bond donors (Lipinski definition) is 4. The maximum absolute atomic E-state index is 11.8. The van der Waals surface area contributed by atoms with Crippen LogP contribution in [0.15, 0.2) is 42.5 Å². The summed E-state index contributed by atoms with van der Waals surface area (Å²) in [6.45, 7) is 3.36. The molecule has 1 saturated carbocycles. The van der Waals surface area contributed by atoms with Crippen LogP contribution in [0.3, 0.4) is 0 Å². The van der Waals surface area contributed by atoms with Gasteiger partial charge in [-0.1, -0.05) is 43.2 Å². The van der Waals surface area contributed by atoms with Gasteiger partial charge >= 0.3 is 0 Å². The van der Waals surface area contributed by atoms with Crippen LogP contribution in [-0.4, -0.2) is 53.6 Å². The van der Waals surface area contributed by atoms with E-state index in [-0.39, 0.29) is 12.5 Å². The highest BCUT2D eigenvalue weighted by atomic mass is 16.5. The van der Waals surface area contributed by atoms with E-state index in [1.54, 1.807) is 0 Å². The first-order chi connectivity index (χ1) is 16.4. The average molecular weight is 469 g/mol. The van der Waals surface area contributed by atoms with Gasteiger partial charge in [-0.15, -0.1) is 0 Å². The molecule has 5 N–H and O–H groups in total. The maximum Gasteiger partial charge on any atom is 0.237 e. The standard InChI is InChI=1S/C27H36N2O5/c1-18-4-7-20(25-24(31)16-22(30)17-34-25)15-21(18)14-19-5-8-23(9-6-19)33-13-12-29-27(26(28)32)10-2-3-11-27/h4-9,15,22,24-25,29-31H,2-3,10-14,16-17H2,1H3,(H2,28,32)/t22-,24+,25-/m0/s1. The van der Waals surface area contributed by atoms with Crippen molar-refractivity contribution in [2.45, 2.75) is 69.3 Å². The zero-order valence-electron chi connectivity index (χ0n) is 19.8. The van der Waals surface area contributed by atoms with Crippen LogP contribution in [0.2, 0.25) is 0 Å². The molecule has 0 spiro atoms. The molecule has 1 aliphatic carbocycles. The lowest BCUT2D eigenvalue weighted by Gasteiger charge is -2.31. The van der Waals surface area contributed by atoms with Crippen LogP contribution in [0, 0.1) is 6.92 Å². The van der Waals surface area contributed by atoms with Gasteiger partial charge in [-0.05, 0) is 60.6 Å². The molecule has 184 valence electrons. The number of nitrogens with two attached hydrogens (primary N) is 1. The Labute approximate surface area is 201 Å². The van der Waals surface area contributed by atoms with Gasteiger partial charge in [-0.2, -0.15) is 0 Å². The summed E-state index contributed by atoms with van der Waals surface area (Å²) >= 11 is 0. The summed E-state index contributed by atoms with van der Waals surface area (Å²) in [5, 5.41) is 23.3. The predicted octanol–water partition coefficient (Wildman–Crippen LogP) is 2.54. The summed E-state index contributed by atoms with van der Waals surface area (Å²) in [4.78, 5) is 11.8. The highest BCUT2D eigenvalue weighted by molar-refractivity contribution is 5.85. The van der Waals surface area contributed by atoms with Gasteiger partial charge in [-0.25, -0.2) is 0 Å². The number of aryl methyl sites for hydroxylation is 1. The van der Waals surface area contributed by atoms with Gasteiger partial charge in [0.25, 0.3) is 0 Å². The number of aliphatic hydroxyl groups is 2. The number of ether oxygens (including phenoxy) is 2. The van der Waals surface area contributed by atoms with Gasteiger partial charge in [0.1, 0.15) is 18.5 Å². The lowest BCUT2D eigenvalue weighted by molar-refractivity contribution is -0.125. The SMILES string of the molecule is Cc1ccc([C@@H]2OC[C@@H](O)C[C@H]2O)cc1Cc1ccc(OCCNC2(C(N)=O)CCCC2)cc1. The number of aliphatic hydroxyl groups excluding tert-OH is 2. The summed E-state index contributed by atoms with van der Waals surface area (Å²) < 4.78 is 11.6. The first kappa shape index (κ1) is 24.7. The Morgan fingerprint density at radius 3 is 2.59 bits per heavy atom. The van der Waals surface area contributed by atoms with Gasteiger partial charge in [0, 0.05) is 13.0 Å². The second-order valence-corrected chi connectivity index (χ2v) is 9.65. The van der Waals surface area contributed by atoms with E-state index in [9.17, 15) is 15.0 Å². The molecule has 2 fully saturated rings. The third-order valence-electron chi connectivity index (χ3n) is 7.11. The molecule has 4 rings (SSSR count). The monoisotopic (exact) mass is 468 g/mol. The molecule has 0 unspecified atom stereocenters. The summed E-state index contributed by atoms with van der Waals surface area (Å²) in [6.07, 6.45) is 3.00. The molecule has 2 aliphatic rings. The highest BCUT2D eigenvalue weighted by Crippen LogP contribution is 2.31. The normalized spacial score (nSPS) is 24.1. The lowest BCUT2D eigenvalue weighted by Crippen LogP contribution is -2.54. The summed E-state index contributed by atoms with van der Waals surface area (Å²) in [7, 11) is 0.